The van der Waals surface area contributed by atoms with Crippen molar-refractivity contribution in [3.05, 3.63) is 0 Å². The molecule has 1 fully saturated rings. The minimum atomic E-state index is -0.664. The van der Waals surface area contributed by atoms with E-state index in [1.165, 1.54) is 19.3 Å². The van der Waals surface area contributed by atoms with Gasteiger partial charge in [0.05, 0.1) is 6.42 Å². The van der Waals surface area contributed by atoms with Gasteiger partial charge in [0.1, 0.15) is 0 Å². The van der Waals surface area contributed by atoms with Crippen LogP contribution in [0.3, 0.4) is 0 Å². The summed E-state index contributed by atoms with van der Waals surface area (Å²) in [4.78, 5) is 13.1. The lowest BCUT2D eigenvalue weighted by Crippen LogP contribution is -2.43. The molecule has 0 aliphatic carbocycles. The quantitative estimate of drug-likeness (QED) is 0.710. The van der Waals surface area contributed by atoms with Gasteiger partial charge in [0.15, 0.2) is 0 Å². The Hall–Kier alpha value is -0.220. The molecule has 0 aromatic carbocycles. The number of hydrogen-bond donors (Lipinski definition) is 1. The van der Waals surface area contributed by atoms with Crippen LogP contribution in [0.1, 0.15) is 32.6 Å². The number of carbonyl (C=O) groups is 1. The summed E-state index contributed by atoms with van der Waals surface area (Å²) in [6.07, 6.45) is 3.99. The van der Waals surface area contributed by atoms with Crippen molar-refractivity contribution in [3.63, 3.8) is 0 Å². The van der Waals surface area contributed by atoms with Crippen LogP contribution in [0.4, 0.5) is 0 Å². The van der Waals surface area contributed by atoms with E-state index in [0.29, 0.717) is 6.42 Å². The lowest BCUT2D eigenvalue weighted by Gasteiger charge is -2.34. The van der Waals surface area contributed by atoms with Gasteiger partial charge in [-0.25, -0.2) is 0 Å². The lowest BCUT2D eigenvalue weighted by molar-refractivity contribution is -0.138. The van der Waals surface area contributed by atoms with Gasteiger partial charge in [0.25, 0.3) is 0 Å². The van der Waals surface area contributed by atoms with Crippen molar-refractivity contribution in [2.45, 2.75) is 38.6 Å². The summed E-state index contributed by atoms with van der Waals surface area (Å²) in [7, 11) is 0. The topological polar surface area (TPSA) is 40.5 Å². The summed E-state index contributed by atoms with van der Waals surface area (Å²) >= 11 is 1.88. The number of carboxylic acid groups (broad SMARTS) is 1. The number of nitrogens with zero attached hydrogens (tertiary/aromatic N) is 1. The molecule has 0 amide bonds. The Kier molecular flexibility index (Phi) is 6.10. The fourth-order valence-corrected chi connectivity index (χ4v) is 3.07. The first-order valence-corrected chi connectivity index (χ1v) is 6.93. The second kappa shape index (κ2) is 7.12. The van der Waals surface area contributed by atoms with Gasteiger partial charge in [-0.3, -0.25) is 9.69 Å². The number of thioether (sulfide) groups is 1. The Labute approximate surface area is 96.2 Å². The molecule has 1 atom stereocenters. The molecule has 1 aliphatic heterocycles. The molecule has 15 heavy (non-hydrogen) atoms. The molecular formula is C11H21NO2S. The van der Waals surface area contributed by atoms with E-state index in [1.54, 1.807) is 0 Å². The summed E-state index contributed by atoms with van der Waals surface area (Å²) in [6.45, 7) is 4.33. The second-order valence-electron chi connectivity index (χ2n) is 4.07. The minimum absolute atomic E-state index is 0.262. The molecule has 0 bridgehead atoms. The van der Waals surface area contributed by atoms with E-state index in [2.05, 4.69) is 11.8 Å². The van der Waals surface area contributed by atoms with Crippen LogP contribution in [0.5, 0.6) is 0 Å². The summed E-state index contributed by atoms with van der Waals surface area (Å²) in [5, 5.41) is 8.82. The van der Waals surface area contributed by atoms with Crippen LogP contribution in [-0.4, -0.2) is 46.6 Å². The van der Waals surface area contributed by atoms with Gasteiger partial charge in [-0.15, -0.1) is 0 Å². The van der Waals surface area contributed by atoms with Gasteiger partial charge in [0, 0.05) is 24.1 Å². The first-order valence-electron chi connectivity index (χ1n) is 5.77. The molecule has 0 saturated carbocycles. The lowest BCUT2D eigenvalue weighted by atomic mass is 10.1. The Morgan fingerprint density at radius 2 is 2.33 bits per heavy atom. The molecule has 0 radical (unpaired) electrons. The maximum Gasteiger partial charge on any atom is 0.304 e. The third-order valence-electron chi connectivity index (χ3n) is 2.81. The summed E-state index contributed by atoms with van der Waals surface area (Å²) in [5.74, 6) is 1.48. The summed E-state index contributed by atoms with van der Waals surface area (Å²) in [5.41, 5.74) is 0. The molecule has 0 aromatic heterocycles. The van der Waals surface area contributed by atoms with Crippen LogP contribution in [0.15, 0.2) is 0 Å². The fourth-order valence-electron chi connectivity index (χ4n) is 1.94. The highest BCUT2D eigenvalue weighted by Gasteiger charge is 2.24. The fraction of sp³-hybridized carbons (Fsp3) is 0.909. The normalized spacial score (nSPS) is 22.9. The van der Waals surface area contributed by atoms with Crippen LogP contribution >= 0.6 is 11.8 Å². The summed E-state index contributed by atoms with van der Waals surface area (Å²) < 4.78 is 0. The smallest absolute Gasteiger partial charge is 0.304 e. The Bertz CT molecular complexity index is 199. The average Bonchev–Trinajstić information content (AvgIpc) is 2.20. The van der Waals surface area contributed by atoms with Crippen molar-refractivity contribution in [2.24, 2.45) is 0 Å². The largest absolute Gasteiger partial charge is 0.481 e. The van der Waals surface area contributed by atoms with E-state index in [1.807, 2.05) is 11.8 Å². The molecular weight excluding hydrogens is 210 g/mol. The molecule has 0 spiro atoms. The second-order valence-corrected chi connectivity index (χ2v) is 5.22. The van der Waals surface area contributed by atoms with Gasteiger partial charge in [-0.05, 0) is 13.0 Å². The maximum absolute atomic E-state index is 10.7. The van der Waals surface area contributed by atoms with Crippen LogP contribution in [0, 0.1) is 0 Å². The van der Waals surface area contributed by atoms with Gasteiger partial charge in [0.2, 0.25) is 0 Å². The van der Waals surface area contributed by atoms with Gasteiger partial charge < -0.3 is 5.11 Å². The van der Waals surface area contributed by atoms with Gasteiger partial charge >= 0.3 is 5.97 Å². The van der Waals surface area contributed by atoms with E-state index in [4.69, 9.17) is 5.11 Å². The number of aliphatic carboxylic acids is 1. The molecule has 4 heteroatoms. The third kappa shape index (κ3) is 4.89. The van der Waals surface area contributed by atoms with Crippen LogP contribution in [-0.2, 0) is 4.79 Å². The predicted molar refractivity (Wildman–Crippen MR) is 64.5 cm³/mol. The molecule has 0 aromatic rings. The van der Waals surface area contributed by atoms with E-state index >= 15 is 0 Å². The zero-order chi connectivity index (χ0) is 11.1. The molecule has 1 heterocycles. The minimum Gasteiger partial charge on any atom is -0.481 e. The SMILES string of the molecule is CCCCCN1CCSCC1CC(=O)O. The van der Waals surface area contributed by atoms with Crippen LogP contribution in [0.2, 0.25) is 0 Å². The molecule has 1 rings (SSSR count). The van der Waals surface area contributed by atoms with Crippen LogP contribution in [0.25, 0.3) is 0 Å². The number of unbranched alkanes of at least 4 members (excludes halogenated alkanes) is 2. The highest BCUT2D eigenvalue weighted by atomic mass is 32.2. The standard InChI is InChI=1S/C11H21NO2S/c1-2-3-4-5-12-6-7-15-9-10(12)8-11(13)14/h10H,2-9H2,1H3,(H,13,14). The number of rotatable bonds is 6. The average molecular weight is 231 g/mol. The van der Waals surface area contributed by atoms with Gasteiger partial charge in [-0.2, -0.15) is 11.8 Å². The highest BCUT2D eigenvalue weighted by molar-refractivity contribution is 7.99. The van der Waals surface area contributed by atoms with Crippen LogP contribution < -0.4 is 0 Å². The Morgan fingerprint density at radius 1 is 1.53 bits per heavy atom. The van der Waals surface area contributed by atoms with E-state index in [-0.39, 0.29) is 6.04 Å². The molecule has 1 aliphatic rings. The molecule has 3 nitrogen and oxygen atoms in total. The zero-order valence-electron chi connectivity index (χ0n) is 9.45. The Morgan fingerprint density at radius 3 is 3.00 bits per heavy atom. The summed E-state index contributed by atoms with van der Waals surface area (Å²) in [6, 6.07) is 0.262. The first-order chi connectivity index (χ1) is 7.24. The zero-order valence-corrected chi connectivity index (χ0v) is 10.3. The van der Waals surface area contributed by atoms with Gasteiger partial charge in [-0.1, -0.05) is 19.8 Å². The van der Waals surface area contributed by atoms with E-state index in [0.717, 1.165) is 24.6 Å². The molecule has 1 unspecified atom stereocenters. The van der Waals surface area contributed by atoms with Crippen molar-refractivity contribution in [3.8, 4) is 0 Å². The van der Waals surface area contributed by atoms with E-state index in [9.17, 15) is 4.79 Å². The number of hydrogen-bond acceptors (Lipinski definition) is 3. The van der Waals surface area contributed by atoms with Crippen molar-refractivity contribution in [2.75, 3.05) is 24.6 Å². The van der Waals surface area contributed by atoms with Crippen molar-refractivity contribution >= 4 is 17.7 Å². The van der Waals surface area contributed by atoms with Crippen molar-refractivity contribution in [1.29, 1.82) is 0 Å². The monoisotopic (exact) mass is 231 g/mol. The molecule has 1 N–H and O–H groups in total. The van der Waals surface area contributed by atoms with Crippen molar-refractivity contribution < 1.29 is 9.90 Å². The highest BCUT2D eigenvalue weighted by Crippen LogP contribution is 2.19. The predicted octanol–water partition coefficient (Wildman–Crippen LogP) is 2.07. The maximum atomic E-state index is 10.7. The molecule has 1 saturated heterocycles. The Balaban J connectivity index is 2.32. The van der Waals surface area contributed by atoms with E-state index < -0.39 is 5.97 Å². The third-order valence-corrected chi connectivity index (χ3v) is 3.90. The first kappa shape index (κ1) is 12.8. The molecule has 88 valence electrons. The number of carboxylic acids is 1. The van der Waals surface area contributed by atoms with Crippen molar-refractivity contribution in [1.82, 2.24) is 4.90 Å².